The first-order valence-electron chi connectivity index (χ1n) is 15.1. The summed E-state index contributed by atoms with van der Waals surface area (Å²) in [5.74, 6) is 0. The molecule has 6 aromatic rings. The summed E-state index contributed by atoms with van der Waals surface area (Å²) < 4.78 is 0. The summed E-state index contributed by atoms with van der Waals surface area (Å²) in [7, 11) is -3.89. The number of benzene rings is 6. The van der Waals surface area contributed by atoms with E-state index in [-0.39, 0.29) is 0 Å². The molecule has 0 aromatic heterocycles. The van der Waals surface area contributed by atoms with Gasteiger partial charge in [0, 0.05) is 0 Å². The Kier molecular flexibility index (Phi) is 9.45. The van der Waals surface area contributed by atoms with E-state index in [1.807, 2.05) is 0 Å². The number of hydrogen-bond acceptors (Lipinski definition) is 0. The lowest BCUT2D eigenvalue weighted by Gasteiger charge is -2.49. The molecule has 2 unspecified atom stereocenters. The minimum atomic E-state index is -2.55. The predicted octanol–water partition coefficient (Wildman–Crippen LogP) is 7.37. The monoisotopic (exact) mass is 608 g/mol. The van der Waals surface area contributed by atoms with E-state index < -0.39 is 23.9 Å². The normalized spacial score (nSPS) is 13.1. The molecular formula is C40H38P2Si. The first-order valence-corrected chi connectivity index (χ1v) is 20.1. The highest BCUT2D eigenvalue weighted by atomic mass is 31.1. The Morgan fingerprint density at radius 3 is 0.767 bits per heavy atom. The average molecular weight is 609 g/mol. The van der Waals surface area contributed by atoms with Crippen LogP contribution in [0.4, 0.5) is 0 Å². The van der Waals surface area contributed by atoms with E-state index in [2.05, 4.69) is 196 Å². The van der Waals surface area contributed by atoms with Gasteiger partial charge in [0.05, 0.1) is 0 Å². The van der Waals surface area contributed by atoms with Crippen molar-refractivity contribution < 1.29 is 0 Å². The molecule has 0 amide bonds. The molecule has 0 heterocycles. The summed E-state index contributed by atoms with van der Waals surface area (Å²) in [5, 5.41) is 9.72. The summed E-state index contributed by atoms with van der Waals surface area (Å²) in [4.78, 5) is 0. The van der Waals surface area contributed by atoms with Crippen LogP contribution in [0.1, 0.15) is 13.8 Å². The van der Waals surface area contributed by atoms with Crippen LogP contribution in [0.25, 0.3) is 0 Å². The maximum absolute atomic E-state index is 2.60. The first-order chi connectivity index (χ1) is 21.2. The molecule has 3 heteroatoms. The molecule has 0 aliphatic rings. The van der Waals surface area contributed by atoms with E-state index in [9.17, 15) is 0 Å². The van der Waals surface area contributed by atoms with Crippen LogP contribution in [0.3, 0.4) is 0 Å². The second kappa shape index (κ2) is 13.8. The molecule has 0 radical (unpaired) electrons. The lowest BCUT2D eigenvalue weighted by molar-refractivity contribution is 1.20. The van der Waals surface area contributed by atoms with Gasteiger partial charge in [-0.2, -0.15) is 0 Å². The summed E-state index contributed by atoms with van der Waals surface area (Å²) in [6.07, 6.45) is 0. The molecule has 0 aliphatic carbocycles. The third-order valence-electron chi connectivity index (χ3n) is 8.73. The van der Waals surface area contributed by atoms with Crippen LogP contribution >= 0.6 is 15.8 Å². The van der Waals surface area contributed by atoms with Crippen LogP contribution in [0.2, 0.25) is 0 Å². The Labute approximate surface area is 261 Å². The van der Waals surface area contributed by atoms with Gasteiger partial charge in [-0.15, -0.1) is 0 Å². The Morgan fingerprint density at radius 1 is 0.326 bits per heavy atom. The van der Waals surface area contributed by atoms with Gasteiger partial charge in [0.2, 0.25) is 0 Å². The predicted molar refractivity (Wildman–Crippen MR) is 195 cm³/mol. The molecule has 0 saturated heterocycles. The fraction of sp³-hybridized carbons (Fsp3) is 0.100. The molecule has 212 valence electrons. The standard InChI is InChI=1S/C40H38P2Si/c1-33(41(35-21-9-3-10-22-35)36-23-11-4-12-24-36)43(39-29-17-7-18-30-39,40-31-19-8-20-32-40)34(2)42(37-25-13-5-14-26-37)38-27-15-6-16-28-38/h3-34H,1-2H3. The lowest BCUT2D eigenvalue weighted by Crippen LogP contribution is -2.72. The number of rotatable bonds is 10. The molecule has 2 atom stereocenters. The lowest BCUT2D eigenvalue weighted by atomic mass is 10.4. The van der Waals surface area contributed by atoms with E-state index in [4.69, 9.17) is 0 Å². The molecule has 0 fully saturated rings. The van der Waals surface area contributed by atoms with E-state index >= 15 is 0 Å². The molecule has 0 aliphatic heterocycles. The van der Waals surface area contributed by atoms with Crippen molar-refractivity contribution in [2.45, 2.75) is 24.4 Å². The van der Waals surface area contributed by atoms with Gasteiger partial charge in [-0.05, 0) is 47.6 Å². The summed E-state index contributed by atoms with van der Waals surface area (Å²) in [5.41, 5.74) is 0. The minimum absolute atomic E-state index is 0.421. The van der Waals surface area contributed by atoms with Crippen molar-refractivity contribution in [2.75, 3.05) is 0 Å². The highest BCUT2D eigenvalue weighted by Gasteiger charge is 2.52. The van der Waals surface area contributed by atoms with Crippen molar-refractivity contribution >= 4 is 55.5 Å². The average Bonchev–Trinajstić information content (AvgIpc) is 3.08. The van der Waals surface area contributed by atoms with Crippen molar-refractivity contribution in [1.29, 1.82) is 0 Å². The largest absolute Gasteiger partial charge is 0.133 e. The van der Waals surface area contributed by atoms with Gasteiger partial charge >= 0.3 is 0 Å². The van der Waals surface area contributed by atoms with Gasteiger partial charge in [-0.3, -0.25) is 0 Å². The zero-order valence-corrected chi connectivity index (χ0v) is 27.7. The third kappa shape index (κ3) is 5.96. The van der Waals surface area contributed by atoms with Crippen molar-refractivity contribution in [2.24, 2.45) is 0 Å². The first kappa shape index (κ1) is 29.5. The van der Waals surface area contributed by atoms with Gasteiger partial charge in [0.25, 0.3) is 0 Å². The Bertz CT molecular complexity index is 1470. The summed E-state index contributed by atoms with van der Waals surface area (Å²) >= 11 is 0. The van der Waals surface area contributed by atoms with Crippen LogP contribution in [0.5, 0.6) is 0 Å². The number of hydrogen-bond donors (Lipinski definition) is 0. The van der Waals surface area contributed by atoms with E-state index in [0.717, 1.165) is 0 Å². The third-order valence-corrected chi connectivity index (χ3v) is 22.9. The van der Waals surface area contributed by atoms with Crippen molar-refractivity contribution in [3.8, 4) is 0 Å². The van der Waals surface area contributed by atoms with Crippen molar-refractivity contribution in [3.63, 3.8) is 0 Å². The van der Waals surface area contributed by atoms with E-state index in [0.29, 0.717) is 10.6 Å². The second-order valence-corrected chi connectivity index (χ2v) is 21.7. The zero-order chi connectivity index (χ0) is 29.5. The minimum Gasteiger partial charge on any atom is -0.0625 e. The van der Waals surface area contributed by atoms with Crippen molar-refractivity contribution in [3.05, 3.63) is 182 Å². The summed E-state index contributed by atoms with van der Waals surface area (Å²) in [6.45, 7) is 5.19. The Morgan fingerprint density at radius 2 is 0.535 bits per heavy atom. The van der Waals surface area contributed by atoms with Crippen LogP contribution in [0, 0.1) is 0 Å². The molecular weight excluding hydrogens is 570 g/mol. The maximum atomic E-state index is 2.60. The SMILES string of the molecule is CC(P(c1ccccc1)c1ccccc1)[Si](c1ccccc1)(c1ccccc1)C(C)P(c1ccccc1)c1ccccc1. The van der Waals surface area contributed by atoms with Gasteiger partial charge in [0.1, 0.15) is 8.07 Å². The van der Waals surface area contributed by atoms with Crippen LogP contribution in [0.15, 0.2) is 182 Å². The van der Waals surface area contributed by atoms with E-state index in [1.165, 1.54) is 31.6 Å². The fourth-order valence-electron chi connectivity index (χ4n) is 6.86. The molecule has 6 aromatic carbocycles. The Hall–Kier alpha value is -3.60. The molecule has 0 nitrogen and oxygen atoms in total. The van der Waals surface area contributed by atoms with Crippen LogP contribution in [-0.4, -0.2) is 18.6 Å². The van der Waals surface area contributed by atoms with Crippen molar-refractivity contribution in [1.82, 2.24) is 0 Å². The summed E-state index contributed by atoms with van der Waals surface area (Å²) in [6, 6.07) is 68.5. The topological polar surface area (TPSA) is 0 Å². The molecule has 43 heavy (non-hydrogen) atoms. The quantitative estimate of drug-likeness (QED) is 0.113. The zero-order valence-electron chi connectivity index (χ0n) is 24.9. The van der Waals surface area contributed by atoms with Crippen LogP contribution < -0.4 is 31.6 Å². The maximum Gasteiger partial charge on any atom is 0.133 e. The van der Waals surface area contributed by atoms with Gasteiger partial charge < -0.3 is 0 Å². The van der Waals surface area contributed by atoms with Gasteiger partial charge in [-0.25, -0.2) is 0 Å². The highest BCUT2D eigenvalue weighted by molar-refractivity contribution is 7.80. The van der Waals surface area contributed by atoms with E-state index in [1.54, 1.807) is 0 Å². The van der Waals surface area contributed by atoms with Gasteiger partial charge in [0.15, 0.2) is 0 Å². The highest BCUT2D eigenvalue weighted by Crippen LogP contribution is 2.51. The molecule has 0 N–H and O–H groups in total. The molecule has 6 rings (SSSR count). The second-order valence-electron chi connectivity index (χ2n) is 11.0. The molecule has 0 spiro atoms. The molecule has 0 bridgehead atoms. The fourth-order valence-corrected chi connectivity index (χ4v) is 24.2. The Balaban J connectivity index is 1.68. The molecule has 0 saturated carbocycles. The van der Waals surface area contributed by atoms with Crippen LogP contribution in [-0.2, 0) is 0 Å². The van der Waals surface area contributed by atoms with Gasteiger partial charge in [-0.1, -0.05) is 206 Å². The smallest absolute Gasteiger partial charge is 0.0625 e.